The minimum absolute atomic E-state index is 0.183. The molecule has 2 N–H and O–H groups in total. The first kappa shape index (κ1) is 13.5. The highest BCUT2D eigenvalue weighted by atomic mass is 16.5. The molecule has 19 heavy (non-hydrogen) atoms. The highest BCUT2D eigenvalue weighted by Gasteiger charge is 2.30. The molecule has 2 unspecified atom stereocenters. The topological polar surface area (TPSA) is 93.5 Å². The van der Waals surface area contributed by atoms with Gasteiger partial charge in [-0.05, 0) is 19.8 Å². The smallest absolute Gasteiger partial charge is 0.332 e. The summed E-state index contributed by atoms with van der Waals surface area (Å²) in [5, 5.41) is 11.7. The zero-order chi connectivity index (χ0) is 13.8. The Balaban J connectivity index is 1.93. The SMILES string of the molecule is CCn1ccnc(NCC2CCC(C(=O)O)O2)c1=O. The van der Waals surface area contributed by atoms with E-state index in [1.807, 2.05) is 6.92 Å². The molecule has 0 spiro atoms. The standard InChI is InChI=1S/C12H17N3O4/c1-2-15-6-5-13-10(11(15)16)14-7-8-3-4-9(19-8)12(17)18/h5-6,8-9H,2-4,7H2,1H3,(H,13,14)(H,17,18). The summed E-state index contributed by atoms with van der Waals surface area (Å²) in [5.74, 6) is -0.666. The second kappa shape index (κ2) is 5.83. The van der Waals surface area contributed by atoms with Crippen LogP contribution in [0.2, 0.25) is 0 Å². The zero-order valence-corrected chi connectivity index (χ0v) is 10.7. The van der Waals surface area contributed by atoms with Crippen molar-refractivity contribution in [3.8, 4) is 0 Å². The van der Waals surface area contributed by atoms with Crippen LogP contribution in [0.1, 0.15) is 19.8 Å². The van der Waals surface area contributed by atoms with Gasteiger partial charge in [0.25, 0.3) is 5.56 Å². The van der Waals surface area contributed by atoms with Crippen LogP contribution in [0, 0.1) is 0 Å². The van der Waals surface area contributed by atoms with Crippen molar-refractivity contribution in [1.29, 1.82) is 0 Å². The van der Waals surface area contributed by atoms with Crippen molar-refractivity contribution >= 4 is 11.8 Å². The molecule has 0 aromatic carbocycles. The molecular formula is C12H17N3O4. The molecule has 0 radical (unpaired) electrons. The van der Waals surface area contributed by atoms with Gasteiger partial charge in [0.15, 0.2) is 11.9 Å². The summed E-state index contributed by atoms with van der Waals surface area (Å²) in [6.45, 7) is 2.85. The number of hydrogen-bond acceptors (Lipinski definition) is 5. The van der Waals surface area contributed by atoms with E-state index in [4.69, 9.17) is 9.84 Å². The molecule has 1 aliphatic rings. The van der Waals surface area contributed by atoms with Gasteiger partial charge in [-0.1, -0.05) is 0 Å². The normalized spacial score (nSPS) is 22.4. The first-order valence-corrected chi connectivity index (χ1v) is 6.29. The molecule has 2 rings (SSSR count). The minimum Gasteiger partial charge on any atom is -0.479 e. The van der Waals surface area contributed by atoms with Crippen LogP contribution in [0.3, 0.4) is 0 Å². The van der Waals surface area contributed by atoms with Crippen molar-refractivity contribution in [1.82, 2.24) is 9.55 Å². The predicted molar refractivity (Wildman–Crippen MR) is 68.2 cm³/mol. The highest BCUT2D eigenvalue weighted by molar-refractivity contribution is 5.72. The molecule has 1 fully saturated rings. The summed E-state index contributed by atoms with van der Waals surface area (Å²) in [6.07, 6.45) is 3.42. The van der Waals surface area contributed by atoms with Gasteiger partial charge in [0.1, 0.15) is 0 Å². The van der Waals surface area contributed by atoms with E-state index >= 15 is 0 Å². The van der Waals surface area contributed by atoms with Crippen LogP contribution in [0.15, 0.2) is 17.2 Å². The van der Waals surface area contributed by atoms with Crippen molar-refractivity contribution in [3.63, 3.8) is 0 Å². The first-order chi connectivity index (χ1) is 9.11. The van der Waals surface area contributed by atoms with Crippen LogP contribution >= 0.6 is 0 Å². The minimum atomic E-state index is -0.936. The lowest BCUT2D eigenvalue weighted by Crippen LogP contribution is -2.29. The van der Waals surface area contributed by atoms with Gasteiger partial charge < -0.3 is 19.7 Å². The second-order valence-electron chi connectivity index (χ2n) is 4.41. The van der Waals surface area contributed by atoms with Crippen LogP contribution in [0.5, 0.6) is 0 Å². The van der Waals surface area contributed by atoms with Crippen LogP contribution in [-0.2, 0) is 16.1 Å². The summed E-state index contributed by atoms with van der Waals surface area (Å²) in [6, 6.07) is 0. The number of nitrogens with one attached hydrogen (secondary N) is 1. The van der Waals surface area contributed by atoms with E-state index in [1.54, 1.807) is 17.0 Å². The number of aromatic nitrogens is 2. The van der Waals surface area contributed by atoms with Gasteiger partial charge in [0.05, 0.1) is 6.10 Å². The number of carbonyl (C=O) groups is 1. The molecule has 0 amide bonds. The Labute approximate surface area is 110 Å². The number of carboxylic acid groups (broad SMARTS) is 1. The third-order valence-corrected chi connectivity index (χ3v) is 3.13. The number of ether oxygens (including phenoxy) is 1. The third kappa shape index (κ3) is 3.11. The van der Waals surface area contributed by atoms with E-state index in [9.17, 15) is 9.59 Å². The summed E-state index contributed by atoms with van der Waals surface area (Å²) < 4.78 is 6.89. The predicted octanol–water partition coefficient (Wildman–Crippen LogP) is 0.307. The first-order valence-electron chi connectivity index (χ1n) is 6.29. The fourth-order valence-corrected chi connectivity index (χ4v) is 2.07. The second-order valence-corrected chi connectivity index (χ2v) is 4.41. The Morgan fingerprint density at radius 3 is 3.05 bits per heavy atom. The van der Waals surface area contributed by atoms with Crippen molar-refractivity contribution < 1.29 is 14.6 Å². The number of aryl methyl sites for hydroxylation is 1. The van der Waals surface area contributed by atoms with E-state index in [1.165, 1.54) is 0 Å². The lowest BCUT2D eigenvalue weighted by Gasteiger charge is -2.12. The number of carboxylic acids is 1. The maximum Gasteiger partial charge on any atom is 0.332 e. The number of hydrogen-bond donors (Lipinski definition) is 2. The number of nitrogens with zero attached hydrogens (tertiary/aromatic N) is 2. The Morgan fingerprint density at radius 2 is 2.42 bits per heavy atom. The zero-order valence-electron chi connectivity index (χ0n) is 10.7. The van der Waals surface area contributed by atoms with Crippen LogP contribution in [0.4, 0.5) is 5.82 Å². The van der Waals surface area contributed by atoms with Crippen molar-refractivity contribution in [2.45, 2.75) is 38.5 Å². The lowest BCUT2D eigenvalue weighted by molar-refractivity contribution is -0.149. The maximum absolute atomic E-state index is 11.9. The number of rotatable bonds is 5. The van der Waals surface area contributed by atoms with Gasteiger partial charge in [0.2, 0.25) is 0 Å². The summed E-state index contributed by atoms with van der Waals surface area (Å²) in [5.41, 5.74) is -0.183. The highest BCUT2D eigenvalue weighted by Crippen LogP contribution is 2.19. The van der Waals surface area contributed by atoms with E-state index in [0.717, 1.165) is 0 Å². The number of anilines is 1. The monoisotopic (exact) mass is 267 g/mol. The van der Waals surface area contributed by atoms with Gasteiger partial charge in [-0.25, -0.2) is 9.78 Å². The molecule has 1 aromatic rings. The summed E-state index contributed by atoms with van der Waals surface area (Å²) in [7, 11) is 0. The Bertz CT molecular complexity index is 514. The van der Waals surface area contributed by atoms with E-state index in [2.05, 4.69) is 10.3 Å². The van der Waals surface area contributed by atoms with Gasteiger partial charge >= 0.3 is 5.97 Å². The van der Waals surface area contributed by atoms with Crippen LogP contribution in [-0.4, -0.2) is 39.4 Å². The molecule has 1 aliphatic heterocycles. The molecule has 1 aromatic heterocycles. The van der Waals surface area contributed by atoms with Gasteiger partial charge in [-0.2, -0.15) is 0 Å². The van der Waals surface area contributed by atoms with Gasteiger partial charge in [-0.15, -0.1) is 0 Å². The molecule has 7 heteroatoms. The molecule has 104 valence electrons. The van der Waals surface area contributed by atoms with Gasteiger partial charge in [0, 0.05) is 25.5 Å². The Kier molecular flexibility index (Phi) is 4.16. The molecule has 7 nitrogen and oxygen atoms in total. The van der Waals surface area contributed by atoms with Crippen molar-refractivity contribution in [3.05, 3.63) is 22.7 Å². The molecular weight excluding hydrogens is 250 g/mol. The molecule has 2 atom stereocenters. The third-order valence-electron chi connectivity index (χ3n) is 3.13. The number of aliphatic carboxylic acids is 1. The Morgan fingerprint density at radius 1 is 1.63 bits per heavy atom. The van der Waals surface area contributed by atoms with Crippen LogP contribution in [0.25, 0.3) is 0 Å². The quantitative estimate of drug-likeness (QED) is 0.797. The molecule has 2 heterocycles. The fourth-order valence-electron chi connectivity index (χ4n) is 2.07. The van der Waals surface area contributed by atoms with Crippen molar-refractivity contribution in [2.75, 3.05) is 11.9 Å². The molecule has 0 bridgehead atoms. The summed E-state index contributed by atoms with van der Waals surface area (Å²) >= 11 is 0. The largest absolute Gasteiger partial charge is 0.479 e. The average Bonchev–Trinajstić information content (AvgIpc) is 2.86. The van der Waals surface area contributed by atoms with E-state index < -0.39 is 12.1 Å². The average molecular weight is 267 g/mol. The summed E-state index contributed by atoms with van der Waals surface area (Å²) in [4.78, 5) is 26.6. The maximum atomic E-state index is 11.9. The van der Waals surface area contributed by atoms with Crippen LogP contribution < -0.4 is 10.9 Å². The Hall–Kier alpha value is -1.89. The molecule has 0 saturated carbocycles. The van der Waals surface area contributed by atoms with Crippen molar-refractivity contribution in [2.24, 2.45) is 0 Å². The molecule has 1 saturated heterocycles. The lowest BCUT2D eigenvalue weighted by atomic mass is 10.2. The molecule has 0 aliphatic carbocycles. The van der Waals surface area contributed by atoms with E-state index in [0.29, 0.717) is 25.9 Å². The van der Waals surface area contributed by atoms with Gasteiger partial charge in [-0.3, -0.25) is 4.79 Å². The van der Waals surface area contributed by atoms with E-state index in [-0.39, 0.29) is 17.5 Å². The fraction of sp³-hybridized carbons (Fsp3) is 0.583.